The van der Waals surface area contributed by atoms with Crippen molar-refractivity contribution >= 4 is 6.09 Å². The summed E-state index contributed by atoms with van der Waals surface area (Å²) in [6.45, 7) is 0.792. The van der Waals surface area contributed by atoms with Gasteiger partial charge in [-0.1, -0.05) is 0 Å². The van der Waals surface area contributed by atoms with Crippen molar-refractivity contribution in [1.82, 2.24) is 5.32 Å². The first-order valence-electron chi connectivity index (χ1n) is 5.80. The van der Waals surface area contributed by atoms with Crippen LogP contribution in [0.3, 0.4) is 0 Å². The van der Waals surface area contributed by atoms with Gasteiger partial charge in [-0.15, -0.1) is 0 Å². The number of hydrogen-bond donors (Lipinski definition) is 2. The highest BCUT2D eigenvalue weighted by atomic mass is 16.5. The van der Waals surface area contributed by atoms with E-state index in [4.69, 9.17) is 5.73 Å². The quantitative estimate of drug-likeness (QED) is 0.747. The Morgan fingerprint density at radius 2 is 2.07 bits per heavy atom. The smallest absolute Gasteiger partial charge is 0.407 e. The monoisotopic (exact) mass is 214 g/mol. The summed E-state index contributed by atoms with van der Waals surface area (Å²) in [6, 6.07) is 0.312. The van der Waals surface area contributed by atoms with Crippen LogP contribution in [0, 0.1) is 5.92 Å². The number of hydrogen-bond acceptors (Lipinski definition) is 3. The Balaban J connectivity index is 2.15. The van der Waals surface area contributed by atoms with E-state index in [-0.39, 0.29) is 6.09 Å². The van der Waals surface area contributed by atoms with Crippen LogP contribution in [0.15, 0.2) is 0 Å². The molecule has 4 heteroatoms. The molecule has 0 spiro atoms. The third-order valence-electron chi connectivity index (χ3n) is 3.17. The molecule has 0 bridgehead atoms. The molecule has 3 N–H and O–H groups in total. The lowest BCUT2D eigenvalue weighted by atomic mass is 9.83. The van der Waals surface area contributed by atoms with Gasteiger partial charge < -0.3 is 15.8 Å². The minimum Gasteiger partial charge on any atom is -0.453 e. The fraction of sp³-hybridized carbons (Fsp3) is 0.909. The molecule has 0 aromatic carbocycles. The van der Waals surface area contributed by atoms with Gasteiger partial charge in [-0.3, -0.25) is 0 Å². The maximum atomic E-state index is 11.0. The molecule has 88 valence electrons. The number of amides is 1. The van der Waals surface area contributed by atoms with Crippen LogP contribution >= 0.6 is 0 Å². The van der Waals surface area contributed by atoms with Gasteiger partial charge in [-0.05, 0) is 51.0 Å². The average Bonchev–Trinajstić information content (AvgIpc) is 2.28. The van der Waals surface area contributed by atoms with Crippen LogP contribution in [0.25, 0.3) is 0 Å². The van der Waals surface area contributed by atoms with Gasteiger partial charge in [0, 0.05) is 6.04 Å². The van der Waals surface area contributed by atoms with Gasteiger partial charge in [-0.2, -0.15) is 0 Å². The molecule has 0 aromatic heterocycles. The Morgan fingerprint density at radius 1 is 1.40 bits per heavy atom. The summed E-state index contributed by atoms with van der Waals surface area (Å²) in [5.41, 5.74) is 5.48. The first-order valence-corrected chi connectivity index (χ1v) is 5.80. The van der Waals surface area contributed by atoms with E-state index in [2.05, 4.69) is 10.1 Å². The highest BCUT2D eigenvalue weighted by molar-refractivity contribution is 5.67. The van der Waals surface area contributed by atoms with Crippen molar-refractivity contribution in [3.05, 3.63) is 0 Å². The van der Waals surface area contributed by atoms with Gasteiger partial charge in [0.15, 0.2) is 0 Å². The number of carbonyl (C=O) groups is 1. The van der Waals surface area contributed by atoms with E-state index in [1.165, 1.54) is 26.4 Å². The summed E-state index contributed by atoms with van der Waals surface area (Å²) in [5.74, 6) is 0.809. The predicted molar refractivity (Wildman–Crippen MR) is 59.6 cm³/mol. The van der Waals surface area contributed by atoms with Crippen LogP contribution in [-0.2, 0) is 4.74 Å². The molecule has 0 saturated heterocycles. The number of methoxy groups -OCH3 is 1. The van der Waals surface area contributed by atoms with Crippen LogP contribution in [0.4, 0.5) is 4.79 Å². The molecule has 0 heterocycles. The second-order valence-corrected chi connectivity index (χ2v) is 4.28. The Bertz CT molecular complexity index is 189. The lowest BCUT2D eigenvalue weighted by Crippen LogP contribution is -2.37. The fourth-order valence-corrected chi connectivity index (χ4v) is 2.23. The molecule has 15 heavy (non-hydrogen) atoms. The van der Waals surface area contributed by atoms with E-state index in [1.807, 2.05) is 0 Å². The molecule has 1 aliphatic rings. The highest BCUT2D eigenvalue weighted by Gasteiger charge is 2.21. The first kappa shape index (κ1) is 12.3. The third-order valence-corrected chi connectivity index (χ3v) is 3.17. The van der Waals surface area contributed by atoms with Crippen molar-refractivity contribution < 1.29 is 9.53 Å². The number of nitrogens with one attached hydrogen (secondary N) is 1. The van der Waals surface area contributed by atoms with Crippen molar-refractivity contribution in [3.8, 4) is 0 Å². The minimum absolute atomic E-state index is 0.305. The third kappa shape index (κ3) is 4.51. The van der Waals surface area contributed by atoms with E-state index in [0.29, 0.717) is 6.04 Å². The summed E-state index contributed by atoms with van der Waals surface area (Å²) in [7, 11) is 1.40. The molecule has 0 aliphatic heterocycles. The Morgan fingerprint density at radius 3 is 2.60 bits per heavy atom. The van der Waals surface area contributed by atoms with E-state index in [1.54, 1.807) is 0 Å². The number of nitrogens with two attached hydrogens (primary N) is 1. The number of rotatable bonds is 4. The van der Waals surface area contributed by atoms with Gasteiger partial charge >= 0.3 is 6.09 Å². The zero-order valence-corrected chi connectivity index (χ0v) is 9.50. The topological polar surface area (TPSA) is 64.3 Å². The summed E-state index contributed by atoms with van der Waals surface area (Å²) in [4.78, 5) is 11.0. The highest BCUT2D eigenvalue weighted by Crippen LogP contribution is 2.27. The van der Waals surface area contributed by atoms with Gasteiger partial charge in [-0.25, -0.2) is 4.79 Å². The van der Waals surface area contributed by atoms with Crippen molar-refractivity contribution in [3.63, 3.8) is 0 Å². The molecular weight excluding hydrogens is 192 g/mol. The normalized spacial score (nSPS) is 26.0. The van der Waals surface area contributed by atoms with E-state index in [9.17, 15) is 4.79 Å². The number of alkyl carbamates (subject to hydrolysis) is 1. The average molecular weight is 214 g/mol. The lowest BCUT2D eigenvalue weighted by Gasteiger charge is -2.28. The maximum Gasteiger partial charge on any atom is 0.407 e. The van der Waals surface area contributed by atoms with Crippen LogP contribution in [0.2, 0.25) is 0 Å². The Labute approximate surface area is 91.5 Å². The molecule has 0 atom stereocenters. The molecule has 1 fully saturated rings. The Hall–Kier alpha value is -0.770. The van der Waals surface area contributed by atoms with Crippen LogP contribution in [0.1, 0.15) is 38.5 Å². The second kappa shape index (κ2) is 6.67. The SMILES string of the molecule is COC(=O)NC1CCC(CCCN)CC1. The molecule has 1 rings (SSSR count). The minimum atomic E-state index is -0.305. The standard InChI is InChI=1S/C11H22N2O2/c1-15-11(14)13-10-6-4-9(5-7-10)3-2-8-12/h9-10H,2-8,12H2,1H3,(H,13,14). The zero-order valence-electron chi connectivity index (χ0n) is 9.50. The number of ether oxygens (including phenoxy) is 1. The molecule has 4 nitrogen and oxygen atoms in total. The van der Waals surface area contributed by atoms with Gasteiger partial charge in [0.25, 0.3) is 0 Å². The van der Waals surface area contributed by atoms with E-state index in [0.717, 1.165) is 31.7 Å². The molecule has 0 unspecified atom stereocenters. The molecule has 0 radical (unpaired) electrons. The number of carbonyl (C=O) groups excluding carboxylic acids is 1. The van der Waals surface area contributed by atoms with E-state index >= 15 is 0 Å². The van der Waals surface area contributed by atoms with Crippen molar-refractivity contribution in [2.24, 2.45) is 11.7 Å². The predicted octanol–water partition coefficient (Wildman–Crippen LogP) is 1.64. The maximum absolute atomic E-state index is 11.0. The summed E-state index contributed by atoms with van der Waals surface area (Å²) < 4.78 is 4.58. The van der Waals surface area contributed by atoms with Gasteiger partial charge in [0.2, 0.25) is 0 Å². The van der Waals surface area contributed by atoms with E-state index < -0.39 is 0 Å². The van der Waals surface area contributed by atoms with Crippen LogP contribution in [0.5, 0.6) is 0 Å². The van der Waals surface area contributed by atoms with Crippen LogP contribution in [-0.4, -0.2) is 25.8 Å². The summed E-state index contributed by atoms with van der Waals surface area (Å²) in [6.07, 6.45) is 6.61. The summed E-state index contributed by atoms with van der Waals surface area (Å²) in [5, 5.41) is 2.86. The molecular formula is C11H22N2O2. The van der Waals surface area contributed by atoms with Crippen molar-refractivity contribution in [2.45, 2.75) is 44.6 Å². The first-order chi connectivity index (χ1) is 7.26. The zero-order chi connectivity index (χ0) is 11.1. The summed E-state index contributed by atoms with van der Waals surface area (Å²) >= 11 is 0. The fourth-order valence-electron chi connectivity index (χ4n) is 2.23. The molecule has 0 aromatic rings. The van der Waals surface area contributed by atoms with Crippen molar-refractivity contribution in [1.29, 1.82) is 0 Å². The lowest BCUT2D eigenvalue weighted by molar-refractivity contribution is 0.160. The second-order valence-electron chi connectivity index (χ2n) is 4.28. The molecule has 1 saturated carbocycles. The molecule has 1 aliphatic carbocycles. The van der Waals surface area contributed by atoms with Crippen LogP contribution < -0.4 is 11.1 Å². The van der Waals surface area contributed by atoms with Gasteiger partial charge in [0.1, 0.15) is 0 Å². The largest absolute Gasteiger partial charge is 0.453 e. The van der Waals surface area contributed by atoms with Crippen molar-refractivity contribution in [2.75, 3.05) is 13.7 Å². The molecule has 1 amide bonds. The van der Waals surface area contributed by atoms with Gasteiger partial charge in [0.05, 0.1) is 7.11 Å². The Kier molecular flexibility index (Phi) is 5.47.